The predicted octanol–water partition coefficient (Wildman–Crippen LogP) is 1.16. The van der Waals surface area contributed by atoms with Crippen molar-refractivity contribution >= 4 is 0 Å². The van der Waals surface area contributed by atoms with Crippen molar-refractivity contribution in [3.63, 3.8) is 0 Å². The second-order valence-electron chi connectivity index (χ2n) is 3.97. The monoisotopic (exact) mass is 207 g/mol. The van der Waals surface area contributed by atoms with E-state index in [0.29, 0.717) is 11.8 Å². The Bertz CT molecular complexity index is 310. The molecule has 1 aromatic heterocycles. The molecule has 82 valence electrons. The molecule has 15 heavy (non-hydrogen) atoms. The molecule has 1 aromatic rings. The number of piperidine rings is 1. The summed E-state index contributed by atoms with van der Waals surface area (Å²) in [4.78, 5) is 8.30. The molecule has 0 amide bonds. The van der Waals surface area contributed by atoms with E-state index in [1.807, 2.05) is 6.92 Å². The molecular formula is C11H17N3O. The van der Waals surface area contributed by atoms with Gasteiger partial charge in [-0.15, -0.1) is 0 Å². The molecule has 1 aliphatic heterocycles. The molecule has 1 aliphatic rings. The molecule has 4 nitrogen and oxygen atoms in total. The molecular weight excluding hydrogens is 190 g/mol. The fraction of sp³-hybridized carbons (Fsp3) is 0.636. The van der Waals surface area contributed by atoms with Crippen LogP contribution in [-0.4, -0.2) is 29.7 Å². The molecule has 1 unspecified atom stereocenters. The van der Waals surface area contributed by atoms with Gasteiger partial charge in [0, 0.05) is 24.9 Å². The standard InChI is InChI=1S/C11H17N3O/c1-9-11(14-6-5-13-9)15-8-10-3-2-4-12-7-10/h5-6,10,12H,2-4,7-8H2,1H3. The predicted molar refractivity (Wildman–Crippen MR) is 57.9 cm³/mol. The van der Waals surface area contributed by atoms with E-state index in [2.05, 4.69) is 15.3 Å². The van der Waals surface area contributed by atoms with E-state index in [9.17, 15) is 0 Å². The minimum atomic E-state index is 0.611. The van der Waals surface area contributed by atoms with Crippen LogP contribution in [0.1, 0.15) is 18.5 Å². The highest BCUT2D eigenvalue weighted by molar-refractivity contribution is 5.14. The van der Waals surface area contributed by atoms with E-state index < -0.39 is 0 Å². The van der Waals surface area contributed by atoms with Crippen LogP contribution in [-0.2, 0) is 0 Å². The van der Waals surface area contributed by atoms with Crippen molar-refractivity contribution in [2.75, 3.05) is 19.7 Å². The molecule has 1 N–H and O–H groups in total. The second-order valence-corrected chi connectivity index (χ2v) is 3.97. The van der Waals surface area contributed by atoms with Crippen molar-refractivity contribution in [1.29, 1.82) is 0 Å². The number of aryl methyl sites for hydroxylation is 1. The lowest BCUT2D eigenvalue weighted by atomic mass is 10.0. The molecule has 1 saturated heterocycles. The summed E-state index contributed by atoms with van der Waals surface area (Å²) in [5.41, 5.74) is 0.862. The van der Waals surface area contributed by atoms with Crippen molar-refractivity contribution in [2.45, 2.75) is 19.8 Å². The highest BCUT2D eigenvalue weighted by Gasteiger charge is 2.14. The van der Waals surface area contributed by atoms with Crippen LogP contribution < -0.4 is 10.1 Å². The highest BCUT2D eigenvalue weighted by atomic mass is 16.5. The molecule has 2 rings (SSSR count). The van der Waals surface area contributed by atoms with Gasteiger partial charge in [0.2, 0.25) is 5.88 Å². The number of hydrogen-bond acceptors (Lipinski definition) is 4. The van der Waals surface area contributed by atoms with Gasteiger partial charge in [-0.1, -0.05) is 0 Å². The average Bonchev–Trinajstić information content (AvgIpc) is 2.29. The molecule has 1 fully saturated rings. The average molecular weight is 207 g/mol. The Kier molecular flexibility index (Phi) is 3.50. The Morgan fingerprint density at radius 2 is 2.33 bits per heavy atom. The first kappa shape index (κ1) is 10.4. The smallest absolute Gasteiger partial charge is 0.235 e. The molecule has 0 aliphatic carbocycles. The lowest BCUT2D eigenvalue weighted by Crippen LogP contribution is -2.33. The van der Waals surface area contributed by atoms with E-state index in [-0.39, 0.29) is 0 Å². The largest absolute Gasteiger partial charge is 0.476 e. The van der Waals surface area contributed by atoms with Gasteiger partial charge < -0.3 is 10.1 Å². The minimum Gasteiger partial charge on any atom is -0.476 e. The quantitative estimate of drug-likeness (QED) is 0.808. The number of nitrogens with zero attached hydrogens (tertiary/aromatic N) is 2. The first-order valence-corrected chi connectivity index (χ1v) is 5.47. The van der Waals surface area contributed by atoms with Gasteiger partial charge in [-0.25, -0.2) is 4.98 Å². The van der Waals surface area contributed by atoms with E-state index in [4.69, 9.17) is 4.74 Å². The normalized spacial score (nSPS) is 21.3. The number of hydrogen-bond donors (Lipinski definition) is 1. The van der Waals surface area contributed by atoms with E-state index in [1.165, 1.54) is 12.8 Å². The zero-order valence-electron chi connectivity index (χ0n) is 9.07. The summed E-state index contributed by atoms with van der Waals surface area (Å²) in [7, 11) is 0. The van der Waals surface area contributed by atoms with Crippen LogP contribution in [0.2, 0.25) is 0 Å². The van der Waals surface area contributed by atoms with Crippen molar-refractivity contribution in [3.8, 4) is 5.88 Å². The van der Waals surface area contributed by atoms with Gasteiger partial charge in [0.25, 0.3) is 0 Å². The summed E-state index contributed by atoms with van der Waals surface area (Å²) < 4.78 is 5.66. The summed E-state index contributed by atoms with van der Waals surface area (Å²) in [6.45, 7) is 4.86. The summed E-state index contributed by atoms with van der Waals surface area (Å²) in [6, 6.07) is 0. The Labute approximate surface area is 90.1 Å². The van der Waals surface area contributed by atoms with Gasteiger partial charge in [-0.2, -0.15) is 0 Å². The summed E-state index contributed by atoms with van der Waals surface area (Å²) in [6.07, 6.45) is 5.84. The molecule has 4 heteroatoms. The summed E-state index contributed by atoms with van der Waals surface area (Å²) >= 11 is 0. The fourth-order valence-electron chi connectivity index (χ4n) is 1.80. The van der Waals surface area contributed by atoms with Crippen LogP contribution in [0.15, 0.2) is 12.4 Å². The molecule has 0 radical (unpaired) electrons. The Morgan fingerprint density at radius 3 is 3.07 bits per heavy atom. The maximum Gasteiger partial charge on any atom is 0.235 e. The van der Waals surface area contributed by atoms with Crippen LogP contribution in [0, 0.1) is 12.8 Å². The maximum absolute atomic E-state index is 5.66. The third-order valence-electron chi connectivity index (χ3n) is 2.69. The van der Waals surface area contributed by atoms with Crippen LogP contribution in [0.5, 0.6) is 5.88 Å². The molecule has 0 bridgehead atoms. The van der Waals surface area contributed by atoms with E-state index >= 15 is 0 Å². The van der Waals surface area contributed by atoms with Crippen LogP contribution >= 0.6 is 0 Å². The maximum atomic E-state index is 5.66. The third-order valence-corrected chi connectivity index (χ3v) is 2.69. The van der Waals surface area contributed by atoms with Gasteiger partial charge >= 0.3 is 0 Å². The highest BCUT2D eigenvalue weighted by Crippen LogP contribution is 2.14. The zero-order valence-corrected chi connectivity index (χ0v) is 9.07. The van der Waals surface area contributed by atoms with Crippen LogP contribution in [0.3, 0.4) is 0 Å². The summed E-state index contributed by atoms with van der Waals surface area (Å²) in [5.74, 6) is 1.28. The van der Waals surface area contributed by atoms with Gasteiger partial charge in [0.05, 0.1) is 12.3 Å². The zero-order chi connectivity index (χ0) is 10.5. The fourth-order valence-corrected chi connectivity index (χ4v) is 1.80. The molecule has 0 saturated carbocycles. The number of ether oxygens (including phenoxy) is 1. The minimum absolute atomic E-state index is 0.611. The van der Waals surface area contributed by atoms with Gasteiger partial charge in [0.1, 0.15) is 0 Å². The second kappa shape index (κ2) is 5.07. The first-order valence-electron chi connectivity index (χ1n) is 5.47. The lowest BCUT2D eigenvalue weighted by molar-refractivity contribution is 0.210. The topological polar surface area (TPSA) is 47.0 Å². The van der Waals surface area contributed by atoms with Gasteiger partial charge in [-0.3, -0.25) is 4.98 Å². The number of nitrogens with one attached hydrogen (secondary N) is 1. The molecule has 0 aromatic carbocycles. The third kappa shape index (κ3) is 2.89. The van der Waals surface area contributed by atoms with Crippen molar-refractivity contribution in [3.05, 3.63) is 18.1 Å². The molecule has 0 spiro atoms. The Hall–Kier alpha value is -1.16. The van der Waals surface area contributed by atoms with E-state index in [1.54, 1.807) is 12.4 Å². The first-order chi connectivity index (χ1) is 7.36. The summed E-state index contributed by atoms with van der Waals surface area (Å²) in [5, 5.41) is 3.37. The Balaban J connectivity index is 1.84. The molecule has 2 heterocycles. The van der Waals surface area contributed by atoms with Gasteiger partial charge in [0.15, 0.2) is 0 Å². The van der Waals surface area contributed by atoms with Crippen molar-refractivity contribution < 1.29 is 4.74 Å². The van der Waals surface area contributed by atoms with Gasteiger partial charge in [-0.05, 0) is 26.3 Å². The van der Waals surface area contributed by atoms with Crippen LogP contribution in [0.4, 0.5) is 0 Å². The molecule has 1 atom stereocenters. The SMILES string of the molecule is Cc1nccnc1OCC1CCCNC1. The van der Waals surface area contributed by atoms with Crippen molar-refractivity contribution in [1.82, 2.24) is 15.3 Å². The van der Waals surface area contributed by atoms with E-state index in [0.717, 1.165) is 25.4 Å². The lowest BCUT2D eigenvalue weighted by Gasteiger charge is -2.22. The number of rotatable bonds is 3. The Morgan fingerprint density at radius 1 is 1.47 bits per heavy atom. The number of aromatic nitrogens is 2. The van der Waals surface area contributed by atoms with Crippen molar-refractivity contribution in [2.24, 2.45) is 5.92 Å². The van der Waals surface area contributed by atoms with Crippen LogP contribution in [0.25, 0.3) is 0 Å².